The molecule has 2 fully saturated rings. The predicted molar refractivity (Wildman–Crippen MR) is 71.6 cm³/mol. The first-order chi connectivity index (χ1) is 9.35. The lowest BCUT2D eigenvalue weighted by molar-refractivity contribution is 0.252. The second kappa shape index (κ2) is 5.63. The zero-order valence-electron chi connectivity index (χ0n) is 11.0. The lowest BCUT2D eigenvalue weighted by Gasteiger charge is -2.11. The van der Waals surface area contributed by atoms with E-state index in [1.165, 1.54) is 0 Å². The monoisotopic (exact) mass is 262 g/mol. The Labute approximate surface area is 112 Å². The van der Waals surface area contributed by atoms with Gasteiger partial charge in [0.15, 0.2) is 0 Å². The van der Waals surface area contributed by atoms with Crippen molar-refractivity contribution in [2.24, 2.45) is 0 Å². The Kier molecular flexibility index (Phi) is 3.71. The van der Waals surface area contributed by atoms with E-state index in [0.717, 1.165) is 30.3 Å². The first-order valence-electron chi connectivity index (χ1n) is 6.60. The van der Waals surface area contributed by atoms with Gasteiger partial charge in [-0.1, -0.05) is 12.2 Å². The molecule has 4 nitrogen and oxygen atoms in total. The number of benzene rings is 1. The molecule has 0 aromatic heterocycles. The first-order valence-corrected chi connectivity index (χ1v) is 6.60. The van der Waals surface area contributed by atoms with Gasteiger partial charge in [-0.25, -0.2) is 0 Å². The lowest BCUT2D eigenvalue weighted by Crippen LogP contribution is -2.07. The minimum atomic E-state index is 0.253. The standard InChI is InChI=1S/C15H18O4/c1-2-3-11-4-5-12(16-7-13-8-17-13)6-15(11)19-10-14-9-18-14/h2-6,13-14H,7-10H2,1H3. The minimum Gasteiger partial charge on any atom is -0.491 e. The Morgan fingerprint density at radius 1 is 1.16 bits per heavy atom. The summed E-state index contributed by atoms with van der Waals surface area (Å²) in [5, 5.41) is 0. The Bertz CT molecular complexity index is 461. The molecule has 0 bridgehead atoms. The molecule has 1 aromatic carbocycles. The Morgan fingerprint density at radius 3 is 2.47 bits per heavy atom. The fourth-order valence-corrected chi connectivity index (χ4v) is 1.75. The van der Waals surface area contributed by atoms with Crippen molar-refractivity contribution in [3.63, 3.8) is 0 Å². The van der Waals surface area contributed by atoms with Gasteiger partial charge in [0.05, 0.1) is 13.2 Å². The molecular formula is C15H18O4. The maximum atomic E-state index is 5.79. The van der Waals surface area contributed by atoms with Crippen molar-refractivity contribution in [3.8, 4) is 11.5 Å². The molecule has 19 heavy (non-hydrogen) atoms. The fourth-order valence-electron chi connectivity index (χ4n) is 1.75. The van der Waals surface area contributed by atoms with Gasteiger partial charge >= 0.3 is 0 Å². The molecule has 4 heteroatoms. The van der Waals surface area contributed by atoms with Crippen LogP contribution >= 0.6 is 0 Å². The summed E-state index contributed by atoms with van der Waals surface area (Å²) in [5.74, 6) is 1.65. The SMILES string of the molecule is CC=Cc1ccc(OCC2CO2)cc1OCC1CO1. The van der Waals surface area contributed by atoms with Crippen LogP contribution in [0, 0.1) is 0 Å². The number of hydrogen-bond donors (Lipinski definition) is 0. The van der Waals surface area contributed by atoms with Crippen molar-refractivity contribution in [1.29, 1.82) is 0 Å². The van der Waals surface area contributed by atoms with E-state index in [-0.39, 0.29) is 12.2 Å². The van der Waals surface area contributed by atoms with Crippen molar-refractivity contribution in [2.45, 2.75) is 19.1 Å². The van der Waals surface area contributed by atoms with Crippen molar-refractivity contribution in [1.82, 2.24) is 0 Å². The van der Waals surface area contributed by atoms with Gasteiger partial charge in [0.25, 0.3) is 0 Å². The van der Waals surface area contributed by atoms with Crippen molar-refractivity contribution in [3.05, 3.63) is 29.8 Å². The molecule has 102 valence electrons. The highest BCUT2D eigenvalue weighted by molar-refractivity contribution is 5.59. The Morgan fingerprint density at radius 2 is 1.84 bits per heavy atom. The van der Waals surface area contributed by atoms with E-state index >= 15 is 0 Å². The normalized spacial score (nSPS) is 24.5. The number of epoxide rings is 2. The van der Waals surface area contributed by atoms with Crippen LogP contribution in [0.4, 0.5) is 0 Å². The van der Waals surface area contributed by atoms with E-state index in [9.17, 15) is 0 Å². The van der Waals surface area contributed by atoms with Crippen molar-refractivity contribution < 1.29 is 18.9 Å². The van der Waals surface area contributed by atoms with Gasteiger partial charge in [0.2, 0.25) is 0 Å². The average Bonchev–Trinajstić information content (AvgIpc) is 3.29. The van der Waals surface area contributed by atoms with Crippen LogP contribution in [0.3, 0.4) is 0 Å². The predicted octanol–water partition coefficient (Wildman–Crippen LogP) is 2.27. The van der Waals surface area contributed by atoms with Crippen molar-refractivity contribution >= 4 is 6.08 Å². The van der Waals surface area contributed by atoms with Gasteiger partial charge in [-0.15, -0.1) is 0 Å². The Hall–Kier alpha value is -1.52. The topological polar surface area (TPSA) is 43.5 Å². The van der Waals surface area contributed by atoms with Gasteiger partial charge in [0, 0.05) is 11.6 Å². The number of hydrogen-bond acceptors (Lipinski definition) is 4. The second-order valence-electron chi connectivity index (χ2n) is 4.73. The largest absolute Gasteiger partial charge is 0.491 e. The summed E-state index contributed by atoms with van der Waals surface area (Å²) < 4.78 is 21.7. The van der Waals surface area contributed by atoms with E-state index in [1.807, 2.05) is 37.3 Å². The van der Waals surface area contributed by atoms with E-state index in [0.29, 0.717) is 13.2 Å². The van der Waals surface area contributed by atoms with E-state index in [2.05, 4.69) is 0 Å². The summed E-state index contributed by atoms with van der Waals surface area (Å²) in [7, 11) is 0. The van der Waals surface area contributed by atoms with Crippen LogP contribution in [0.2, 0.25) is 0 Å². The van der Waals surface area contributed by atoms with Gasteiger partial charge in [0.1, 0.15) is 36.9 Å². The summed E-state index contributed by atoms with van der Waals surface area (Å²) >= 11 is 0. The summed E-state index contributed by atoms with van der Waals surface area (Å²) in [6.45, 7) is 4.80. The van der Waals surface area contributed by atoms with Gasteiger partial charge in [-0.3, -0.25) is 0 Å². The molecule has 1 aromatic rings. The van der Waals surface area contributed by atoms with Crippen LogP contribution in [0.5, 0.6) is 11.5 Å². The molecule has 0 radical (unpaired) electrons. The minimum absolute atomic E-state index is 0.253. The van der Waals surface area contributed by atoms with Gasteiger partial charge in [-0.2, -0.15) is 0 Å². The van der Waals surface area contributed by atoms with Crippen LogP contribution in [0.1, 0.15) is 12.5 Å². The molecule has 2 heterocycles. The van der Waals surface area contributed by atoms with Crippen molar-refractivity contribution in [2.75, 3.05) is 26.4 Å². The maximum absolute atomic E-state index is 5.79. The highest BCUT2D eigenvalue weighted by atomic mass is 16.6. The Balaban J connectivity index is 1.67. The zero-order chi connectivity index (χ0) is 13.1. The quantitative estimate of drug-likeness (QED) is 0.707. The molecule has 2 aliphatic heterocycles. The third-order valence-electron chi connectivity index (χ3n) is 3.00. The maximum Gasteiger partial charge on any atom is 0.130 e. The summed E-state index contributed by atoms with van der Waals surface area (Å²) in [5.41, 5.74) is 1.05. The highest BCUT2D eigenvalue weighted by Crippen LogP contribution is 2.28. The third kappa shape index (κ3) is 3.72. The fraction of sp³-hybridized carbons (Fsp3) is 0.467. The summed E-state index contributed by atoms with van der Waals surface area (Å²) in [6.07, 6.45) is 4.54. The molecule has 0 amide bonds. The second-order valence-corrected chi connectivity index (χ2v) is 4.73. The summed E-state index contributed by atoms with van der Waals surface area (Å²) in [4.78, 5) is 0. The van der Waals surface area contributed by atoms with Crippen LogP contribution in [-0.2, 0) is 9.47 Å². The molecule has 3 rings (SSSR count). The van der Waals surface area contributed by atoms with Crippen LogP contribution in [-0.4, -0.2) is 38.6 Å². The number of allylic oxidation sites excluding steroid dienone is 1. The molecule has 2 aliphatic rings. The molecule has 2 unspecified atom stereocenters. The molecule has 0 N–H and O–H groups in total. The first kappa shape index (κ1) is 12.5. The average molecular weight is 262 g/mol. The number of rotatable bonds is 7. The van der Waals surface area contributed by atoms with E-state index in [4.69, 9.17) is 18.9 Å². The zero-order valence-corrected chi connectivity index (χ0v) is 11.0. The molecule has 0 saturated carbocycles. The molecule has 0 aliphatic carbocycles. The molecule has 2 saturated heterocycles. The third-order valence-corrected chi connectivity index (χ3v) is 3.00. The van der Waals surface area contributed by atoms with Crippen LogP contribution in [0.15, 0.2) is 24.3 Å². The highest BCUT2D eigenvalue weighted by Gasteiger charge is 2.24. The van der Waals surface area contributed by atoms with E-state index < -0.39 is 0 Å². The van der Waals surface area contributed by atoms with Gasteiger partial charge in [-0.05, 0) is 19.1 Å². The molecule has 2 atom stereocenters. The molecule has 0 spiro atoms. The van der Waals surface area contributed by atoms with Gasteiger partial charge < -0.3 is 18.9 Å². The smallest absolute Gasteiger partial charge is 0.130 e. The summed E-state index contributed by atoms with van der Waals surface area (Å²) in [6, 6.07) is 5.89. The van der Waals surface area contributed by atoms with Crippen LogP contribution in [0.25, 0.3) is 6.08 Å². The lowest BCUT2D eigenvalue weighted by atomic mass is 10.2. The van der Waals surface area contributed by atoms with Crippen LogP contribution < -0.4 is 9.47 Å². The number of ether oxygens (including phenoxy) is 4. The molecular weight excluding hydrogens is 244 g/mol. The van der Waals surface area contributed by atoms with E-state index in [1.54, 1.807) is 0 Å².